The van der Waals surface area contributed by atoms with Gasteiger partial charge in [0.25, 0.3) is 0 Å². The number of esters is 1. The minimum Gasteiger partial charge on any atom is -0.493 e. The highest BCUT2D eigenvalue weighted by Gasteiger charge is 2.21. The van der Waals surface area contributed by atoms with E-state index >= 15 is 0 Å². The lowest BCUT2D eigenvalue weighted by Crippen LogP contribution is -2.20. The second kappa shape index (κ2) is 9.36. The summed E-state index contributed by atoms with van der Waals surface area (Å²) in [6.07, 6.45) is 0. The molecule has 2 N–H and O–H groups in total. The number of rotatable bonds is 7. The maximum atomic E-state index is 12.8. The molecule has 0 saturated carbocycles. The normalized spacial score (nSPS) is 10.5. The zero-order valence-electron chi connectivity index (χ0n) is 16.6. The SMILES string of the molecule is COC(=O)c1c(SCC(=O)Nc2ccc(OC)c(OC)c2)[nH]c2ccccc2c1=O. The summed E-state index contributed by atoms with van der Waals surface area (Å²) in [4.78, 5) is 40.4. The number of para-hydroxylation sites is 1. The Morgan fingerprint density at radius 1 is 1.03 bits per heavy atom. The van der Waals surface area contributed by atoms with E-state index in [1.54, 1.807) is 42.5 Å². The Morgan fingerprint density at radius 3 is 2.47 bits per heavy atom. The summed E-state index contributed by atoms with van der Waals surface area (Å²) < 4.78 is 15.2. The lowest BCUT2D eigenvalue weighted by molar-refractivity contribution is -0.113. The Labute approximate surface area is 176 Å². The van der Waals surface area contributed by atoms with Crippen LogP contribution in [0.5, 0.6) is 11.5 Å². The summed E-state index contributed by atoms with van der Waals surface area (Å²) >= 11 is 1.04. The molecule has 0 aliphatic heterocycles. The molecule has 9 heteroatoms. The highest BCUT2D eigenvalue weighted by Crippen LogP contribution is 2.30. The van der Waals surface area contributed by atoms with Crippen molar-refractivity contribution in [1.82, 2.24) is 4.98 Å². The van der Waals surface area contributed by atoms with Gasteiger partial charge in [-0.05, 0) is 24.3 Å². The van der Waals surface area contributed by atoms with Gasteiger partial charge in [0.05, 0.1) is 37.6 Å². The van der Waals surface area contributed by atoms with Gasteiger partial charge >= 0.3 is 5.97 Å². The van der Waals surface area contributed by atoms with Gasteiger partial charge in [0, 0.05) is 17.1 Å². The number of pyridine rings is 1. The molecule has 1 heterocycles. The van der Waals surface area contributed by atoms with Crippen molar-refractivity contribution in [2.24, 2.45) is 0 Å². The first-order valence-corrected chi connectivity index (χ1v) is 9.85. The van der Waals surface area contributed by atoms with Crippen molar-refractivity contribution in [3.8, 4) is 11.5 Å². The molecule has 0 fully saturated rings. The maximum absolute atomic E-state index is 12.8. The van der Waals surface area contributed by atoms with Crippen LogP contribution in [0.25, 0.3) is 10.9 Å². The molecule has 2 aromatic carbocycles. The number of anilines is 1. The molecule has 1 amide bonds. The number of carbonyl (C=O) groups is 2. The van der Waals surface area contributed by atoms with E-state index in [1.807, 2.05) is 0 Å². The van der Waals surface area contributed by atoms with E-state index in [0.29, 0.717) is 28.1 Å². The van der Waals surface area contributed by atoms with E-state index in [0.717, 1.165) is 11.8 Å². The monoisotopic (exact) mass is 428 g/mol. The zero-order valence-corrected chi connectivity index (χ0v) is 17.4. The zero-order chi connectivity index (χ0) is 21.7. The molecule has 0 atom stereocenters. The van der Waals surface area contributed by atoms with Gasteiger partial charge in [0.1, 0.15) is 5.56 Å². The van der Waals surface area contributed by atoms with Gasteiger partial charge in [-0.15, -0.1) is 0 Å². The van der Waals surface area contributed by atoms with E-state index in [9.17, 15) is 14.4 Å². The van der Waals surface area contributed by atoms with Crippen molar-refractivity contribution < 1.29 is 23.8 Å². The summed E-state index contributed by atoms with van der Waals surface area (Å²) in [5, 5.41) is 3.39. The molecule has 1 aromatic heterocycles. The van der Waals surface area contributed by atoms with Gasteiger partial charge in [0.15, 0.2) is 11.5 Å². The number of benzene rings is 2. The summed E-state index contributed by atoms with van der Waals surface area (Å²) in [7, 11) is 4.23. The van der Waals surface area contributed by atoms with Crippen LogP contribution in [-0.2, 0) is 9.53 Å². The van der Waals surface area contributed by atoms with Gasteiger partial charge in [-0.25, -0.2) is 4.79 Å². The minimum absolute atomic E-state index is 0.0351. The fourth-order valence-corrected chi connectivity index (χ4v) is 3.71. The van der Waals surface area contributed by atoms with Gasteiger partial charge in [-0.3, -0.25) is 9.59 Å². The summed E-state index contributed by atoms with van der Waals surface area (Å²) in [5.41, 5.74) is 0.524. The highest BCUT2D eigenvalue weighted by atomic mass is 32.2. The van der Waals surface area contributed by atoms with E-state index in [2.05, 4.69) is 10.3 Å². The number of amides is 1. The fourth-order valence-electron chi connectivity index (χ4n) is 2.86. The van der Waals surface area contributed by atoms with Gasteiger partial charge in [-0.2, -0.15) is 0 Å². The lowest BCUT2D eigenvalue weighted by atomic mass is 10.1. The van der Waals surface area contributed by atoms with Crippen molar-refractivity contribution in [3.05, 3.63) is 58.3 Å². The highest BCUT2D eigenvalue weighted by molar-refractivity contribution is 8.00. The third-order valence-electron chi connectivity index (χ3n) is 4.28. The number of fused-ring (bicyclic) bond motifs is 1. The van der Waals surface area contributed by atoms with Crippen LogP contribution in [0.15, 0.2) is 52.3 Å². The van der Waals surface area contributed by atoms with Crippen molar-refractivity contribution in [1.29, 1.82) is 0 Å². The molecule has 3 rings (SSSR count). The second-order valence-corrected chi connectivity index (χ2v) is 7.09. The predicted molar refractivity (Wildman–Crippen MR) is 115 cm³/mol. The third-order valence-corrected chi connectivity index (χ3v) is 5.28. The molecule has 0 saturated heterocycles. The van der Waals surface area contributed by atoms with Gasteiger partial charge in [0.2, 0.25) is 11.3 Å². The number of H-pyrrole nitrogens is 1. The first-order chi connectivity index (χ1) is 14.5. The molecule has 0 aliphatic carbocycles. The first kappa shape index (κ1) is 21.3. The molecule has 0 bridgehead atoms. The van der Waals surface area contributed by atoms with Gasteiger partial charge in [-0.1, -0.05) is 23.9 Å². The number of carbonyl (C=O) groups excluding carboxylic acids is 2. The maximum Gasteiger partial charge on any atom is 0.344 e. The van der Waals surface area contributed by atoms with Crippen LogP contribution in [0.4, 0.5) is 5.69 Å². The second-order valence-electron chi connectivity index (χ2n) is 6.10. The topological polar surface area (TPSA) is 107 Å². The van der Waals surface area contributed by atoms with Crippen LogP contribution in [0, 0.1) is 0 Å². The molecule has 0 aliphatic rings. The lowest BCUT2D eigenvalue weighted by Gasteiger charge is -2.11. The molecular weight excluding hydrogens is 408 g/mol. The Kier molecular flexibility index (Phi) is 6.63. The number of hydrogen-bond donors (Lipinski definition) is 2. The number of hydrogen-bond acceptors (Lipinski definition) is 7. The number of nitrogens with one attached hydrogen (secondary N) is 2. The van der Waals surface area contributed by atoms with Crippen LogP contribution in [-0.4, -0.2) is 43.9 Å². The number of aromatic amines is 1. The smallest absolute Gasteiger partial charge is 0.344 e. The summed E-state index contributed by atoms with van der Waals surface area (Å²) in [5.74, 6) is -0.0925. The van der Waals surface area contributed by atoms with E-state index < -0.39 is 11.4 Å². The van der Waals surface area contributed by atoms with Crippen LogP contribution in [0.2, 0.25) is 0 Å². The molecule has 0 spiro atoms. The van der Waals surface area contributed by atoms with Crippen molar-refractivity contribution in [2.75, 3.05) is 32.4 Å². The van der Waals surface area contributed by atoms with E-state index in [-0.39, 0.29) is 22.2 Å². The molecule has 156 valence electrons. The average Bonchev–Trinajstić information content (AvgIpc) is 2.77. The number of aromatic nitrogens is 1. The number of ether oxygens (including phenoxy) is 3. The molecule has 30 heavy (non-hydrogen) atoms. The minimum atomic E-state index is -0.759. The molecule has 3 aromatic rings. The molecular formula is C21H20N2O6S. The van der Waals surface area contributed by atoms with Crippen molar-refractivity contribution in [3.63, 3.8) is 0 Å². The first-order valence-electron chi connectivity index (χ1n) is 8.86. The fraction of sp³-hybridized carbons (Fsp3) is 0.190. The third kappa shape index (κ3) is 4.41. The average molecular weight is 428 g/mol. The van der Waals surface area contributed by atoms with Crippen molar-refractivity contribution >= 4 is 40.2 Å². The van der Waals surface area contributed by atoms with Crippen LogP contribution in [0.3, 0.4) is 0 Å². The number of thioether (sulfide) groups is 1. The Hall–Kier alpha value is -3.46. The summed E-state index contributed by atoms with van der Waals surface area (Å²) in [6, 6.07) is 11.8. The Bertz CT molecular complexity index is 1160. The standard InChI is InChI=1S/C21H20N2O6S/c1-27-15-9-8-12(10-16(15)28-2)22-17(24)11-30-20-18(21(26)29-3)19(25)13-6-4-5-7-14(13)23-20/h4-10H,11H2,1-3H3,(H,22,24)(H,23,25). The molecule has 8 nitrogen and oxygen atoms in total. The predicted octanol–water partition coefficient (Wildman–Crippen LogP) is 3.06. The quantitative estimate of drug-likeness (QED) is 0.440. The Balaban J connectivity index is 1.82. The van der Waals surface area contributed by atoms with Crippen molar-refractivity contribution in [2.45, 2.75) is 5.03 Å². The van der Waals surface area contributed by atoms with Crippen LogP contribution < -0.4 is 20.2 Å². The summed E-state index contributed by atoms with van der Waals surface area (Å²) in [6.45, 7) is 0. The van der Waals surface area contributed by atoms with Crippen LogP contribution >= 0.6 is 11.8 Å². The van der Waals surface area contributed by atoms with E-state index in [4.69, 9.17) is 14.2 Å². The largest absolute Gasteiger partial charge is 0.493 e. The molecule has 0 unspecified atom stereocenters. The Morgan fingerprint density at radius 2 is 1.77 bits per heavy atom. The van der Waals surface area contributed by atoms with Crippen LogP contribution in [0.1, 0.15) is 10.4 Å². The molecule has 0 radical (unpaired) electrons. The van der Waals surface area contributed by atoms with Gasteiger partial charge < -0.3 is 24.5 Å². The van der Waals surface area contributed by atoms with E-state index in [1.165, 1.54) is 21.3 Å². The number of methoxy groups -OCH3 is 3.